The molecule has 3 rings (SSSR count). The summed E-state index contributed by atoms with van der Waals surface area (Å²) < 4.78 is 32.7. The van der Waals surface area contributed by atoms with Crippen molar-refractivity contribution in [1.29, 1.82) is 0 Å². The van der Waals surface area contributed by atoms with Gasteiger partial charge in [0.15, 0.2) is 0 Å². The van der Waals surface area contributed by atoms with Crippen LogP contribution < -0.4 is 15.4 Å². The maximum Gasteiger partial charge on any atom is 0.325 e. The second kappa shape index (κ2) is 8.71. The monoisotopic (exact) mass is 431 g/mol. The number of nitrogens with zero attached hydrogens (tertiary/aromatic N) is 1. The molecule has 1 saturated heterocycles. The molecule has 1 aliphatic heterocycles. The molecule has 0 aromatic heterocycles. The first-order valence-electron chi connectivity index (χ1n) is 9.66. The molecule has 2 N–H and O–H groups in total. The number of ether oxygens (including phenoxy) is 1. The van der Waals surface area contributed by atoms with E-state index in [9.17, 15) is 23.2 Å². The van der Waals surface area contributed by atoms with Crippen molar-refractivity contribution in [2.75, 3.05) is 13.7 Å². The summed E-state index contributed by atoms with van der Waals surface area (Å²) in [6.45, 7) is 2.62. The molecule has 0 bridgehead atoms. The van der Waals surface area contributed by atoms with Crippen LogP contribution in [0.1, 0.15) is 25.0 Å². The Bertz CT molecular complexity index is 992. The summed E-state index contributed by atoms with van der Waals surface area (Å²) in [7, 11) is 1.52. The fourth-order valence-electron chi connectivity index (χ4n) is 3.51. The molecular formula is C22H23F2N3O4. The molecule has 0 radical (unpaired) electrons. The second-order valence-corrected chi connectivity index (χ2v) is 7.55. The van der Waals surface area contributed by atoms with Crippen molar-refractivity contribution in [3.05, 3.63) is 65.2 Å². The highest BCUT2D eigenvalue weighted by molar-refractivity contribution is 6.09. The standard InChI is InChI=1S/C22H23F2N3O4/c1-13(11-16-17(23)5-4-6-18(16)24)25-19(28)12-27-20(29)22(2,26-21(27)30)14-7-9-15(31-3)10-8-14/h4-10,13H,11-12H2,1-3H3,(H,25,28)(H,26,30). The normalized spacial score (nSPS) is 19.2. The third kappa shape index (κ3) is 4.50. The van der Waals surface area contributed by atoms with E-state index in [4.69, 9.17) is 4.74 Å². The first kappa shape index (κ1) is 22.2. The van der Waals surface area contributed by atoms with Crippen LogP contribution in [0.2, 0.25) is 0 Å². The van der Waals surface area contributed by atoms with Crippen molar-refractivity contribution in [3.63, 3.8) is 0 Å². The minimum atomic E-state index is -1.33. The van der Waals surface area contributed by atoms with Gasteiger partial charge >= 0.3 is 6.03 Å². The number of rotatable bonds is 7. The van der Waals surface area contributed by atoms with Crippen molar-refractivity contribution in [2.24, 2.45) is 0 Å². The van der Waals surface area contributed by atoms with Gasteiger partial charge < -0.3 is 15.4 Å². The van der Waals surface area contributed by atoms with Crippen molar-refractivity contribution in [1.82, 2.24) is 15.5 Å². The maximum absolute atomic E-state index is 13.8. The number of hydrogen-bond acceptors (Lipinski definition) is 4. The molecule has 0 aliphatic carbocycles. The topological polar surface area (TPSA) is 87.7 Å². The van der Waals surface area contributed by atoms with Gasteiger partial charge in [0.25, 0.3) is 5.91 Å². The lowest BCUT2D eigenvalue weighted by Gasteiger charge is -2.22. The average molecular weight is 431 g/mol. The van der Waals surface area contributed by atoms with E-state index < -0.39 is 47.6 Å². The highest BCUT2D eigenvalue weighted by Crippen LogP contribution is 2.29. The molecule has 1 heterocycles. The zero-order valence-electron chi connectivity index (χ0n) is 17.4. The number of nitrogens with one attached hydrogen (secondary N) is 2. The smallest absolute Gasteiger partial charge is 0.325 e. The molecule has 2 unspecified atom stereocenters. The summed E-state index contributed by atoms with van der Waals surface area (Å²) in [5, 5.41) is 5.19. The van der Waals surface area contributed by atoms with Gasteiger partial charge in [-0.05, 0) is 50.1 Å². The van der Waals surface area contributed by atoms with E-state index in [1.54, 1.807) is 38.1 Å². The van der Waals surface area contributed by atoms with Gasteiger partial charge in [-0.2, -0.15) is 0 Å². The lowest BCUT2D eigenvalue weighted by atomic mass is 9.92. The third-order valence-electron chi connectivity index (χ3n) is 5.22. The molecule has 2 aromatic carbocycles. The van der Waals surface area contributed by atoms with Crippen LogP contribution >= 0.6 is 0 Å². The van der Waals surface area contributed by atoms with Crippen molar-refractivity contribution in [2.45, 2.75) is 31.8 Å². The lowest BCUT2D eigenvalue weighted by Crippen LogP contribution is -2.45. The van der Waals surface area contributed by atoms with Crippen LogP contribution in [0.25, 0.3) is 0 Å². The molecule has 1 aliphatic rings. The Hall–Kier alpha value is -3.49. The quantitative estimate of drug-likeness (QED) is 0.660. The fraction of sp³-hybridized carbons (Fsp3) is 0.318. The summed E-state index contributed by atoms with van der Waals surface area (Å²) in [6, 6.07) is 8.86. The van der Waals surface area contributed by atoms with Gasteiger partial charge in [-0.25, -0.2) is 13.6 Å². The van der Waals surface area contributed by atoms with Crippen molar-refractivity contribution in [3.8, 4) is 5.75 Å². The number of carbonyl (C=O) groups is 3. The number of benzene rings is 2. The predicted octanol–water partition coefficient (Wildman–Crippen LogP) is 2.49. The molecule has 0 spiro atoms. The SMILES string of the molecule is COc1ccc(C2(C)NC(=O)N(CC(=O)NC(C)Cc3c(F)cccc3F)C2=O)cc1. The van der Waals surface area contributed by atoms with E-state index in [0.29, 0.717) is 11.3 Å². The van der Waals surface area contributed by atoms with Gasteiger partial charge in [0, 0.05) is 11.6 Å². The van der Waals surface area contributed by atoms with E-state index in [0.717, 1.165) is 17.0 Å². The van der Waals surface area contributed by atoms with E-state index in [1.807, 2.05) is 0 Å². The Labute approximate surface area is 178 Å². The number of carbonyl (C=O) groups excluding carboxylic acids is 3. The molecular weight excluding hydrogens is 408 g/mol. The van der Waals surface area contributed by atoms with E-state index >= 15 is 0 Å². The second-order valence-electron chi connectivity index (χ2n) is 7.55. The van der Waals surface area contributed by atoms with E-state index in [1.165, 1.54) is 13.2 Å². The third-order valence-corrected chi connectivity index (χ3v) is 5.22. The molecule has 2 aromatic rings. The Kier molecular flexibility index (Phi) is 6.24. The highest BCUT2D eigenvalue weighted by atomic mass is 19.1. The van der Waals surface area contributed by atoms with Gasteiger partial charge in [0.05, 0.1) is 7.11 Å². The lowest BCUT2D eigenvalue weighted by molar-refractivity contribution is -0.135. The minimum Gasteiger partial charge on any atom is -0.497 e. The highest BCUT2D eigenvalue weighted by Gasteiger charge is 2.49. The summed E-state index contributed by atoms with van der Waals surface area (Å²) in [5.74, 6) is -2.01. The van der Waals surface area contributed by atoms with Gasteiger partial charge in [-0.15, -0.1) is 0 Å². The zero-order valence-corrected chi connectivity index (χ0v) is 17.4. The van der Waals surface area contributed by atoms with Gasteiger partial charge in [0.2, 0.25) is 5.91 Å². The van der Waals surface area contributed by atoms with Crippen LogP contribution in [0.5, 0.6) is 5.75 Å². The molecule has 4 amide bonds. The van der Waals surface area contributed by atoms with Crippen LogP contribution in [0.4, 0.5) is 13.6 Å². The summed E-state index contributed by atoms with van der Waals surface area (Å²) in [5.41, 5.74) is -0.929. The van der Waals surface area contributed by atoms with Crippen molar-refractivity contribution >= 4 is 17.8 Å². The molecule has 7 nitrogen and oxygen atoms in total. The number of methoxy groups -OCH3 is 1. The number of imide groups is 1. The zero-order chi connectivity index (χ0) is 22.8. The van der Waals surface area contributed by atoms with Crippen molar-refractivity contribution < 1.29 is 27.9 Å². The number of amides is 4. The Balaban J connectivity index is 1.65. The molecule has 31 heavy (non-hydrogen) atoms. The molecule has 164 valence electrons. The molecule has 0 saturated carbocycles. The maximum atomic E-state index is 13.8. The van der Waals surface area contributed by atoms with Gasteiger partial charge in [0.1, 0.15) is 29.5 Å². The molecule has 9 heteroatoms. The minimum absolute atomic E-state index is 0.0754. The van der Waals surface area contributed by atoms with Crippen LogP contribution in [0, 0.1) is 11.6 Å². The fourth-order valence-corrected chi connectivity index (χ4v) is 3.51. The van der Waals surface area contributed by atoms with E-state index in [-0.39, 0.29) is 12.0 Å². The Morgan fingerprint density at radius 3 is 2.35 bits per heavy atom. The van der Waals surface area contributed by atoms with E-state index in [2.05, 4.69) is 10.6 Å². The first-order chi connectivity index (χ1) is 14.7. The average Bonchev–Trinajstić information content (AvgIpc) is 2.94. The molecule has 1 fully saturated rings. The number of halogens is 2. The van der Waals surface area contributed by atoms with Gasteiger partial charge in [-0.3, -0.25) is 14.5 Å². The Morgan fingerprint density at radius 1 is 1.16 bits per heavy atom. The van der Waals surface area contributed by atoms with Crippen LogP contribution in [-0.2, 0) is 21.5 Å². The predicted molar refractivity (Wildman–Crippen MR) is 108 cm³/mol. The van der Waals surface area contributed by atoms with Crippen LogP contribution in [0.15, 0.2) is 42.5 Å². The molecule has 2 atom stereocenters. The number of hydrogen-bond donors (Lipinski definition) is 2. The number of urea groups is 1. The van der Waals surface area contributed by atoms with Gasteiger partial charge in [-0.1, -0.05) is 18.2 Å². The largest absolute Gasteiger partial charge is 0.497 e. The summed E-state index contributed by atoms with van der Waals surface area (Å²) >= 11 is 0. The summed E-state index contributed by atoms with van der Waals surface area (Å²) in [4.78, 5) is 38.5. The van der Waals surface area contributed by atoms with Crippen LogP contribution in [0.3, 0.4) is 0 Å². The first-order valence-corrected chi connectivity index (χ1v) is 9.66. The Morgan fingerprint density at radius 2 is 1.77 bits per heavy atom. The van der Waals surface area contributed by atoms with Crippen LogP contribution in [-0.4, -0.2) is 42.4 Å². The summed E-state index contributed by atoms with van der Waals surface area (Å²) in [6.07, 6.45) is -0.0754.